The summed E-state index contributed by atoms with van der Waals surface area (Å²) in [6, 6.07) is 3.41. The van der Waals surface area contributed by atoms with Crippen LogP contribution in [0.15, 0.2) is 24.8 Å². The summed E-state index contributed by atoms with van der Waals surface area (Å²) in [6.45, 7) is 2.35. The Hall–Kier alpha value is -1.40. The van der Waals surface area contributed by atoms with Gasteiger partial charge in [0.25, 0.3) is 0 Å². The van der Waals surface area contributed by atoms with Gasteiger partial charge in [0.2, 0.25) is 5.91 Å². The summed E-state index contributed by atoms with van der Waals surface area (Å²) in [4.78, 5) is 18.7. The Bertz CT molecular complexity index is 525. The molecule has 0 aromatic carbocycles. The molecule has 2 rings (SSSR count). The van der Waals surface area contributed by atoms with Gasteiger partial charge in [-0.3, -0.25) is 4.79 Å². The summed E-state index contributed by atoms with van der Waals surface area (Å²) >= 11 is 7.34. The van der Waals surface area contributed by atoms with E-state index in [-0.39, 0.29) is 11.9 Å². The van der Waals surface area contributed by atoms with Crippen LogP contribution in [0.5, 0.6) is 0 Å². The molecule has 0 spiro atoms. The van der Waals surface area contributed by atoms with E-state index in [1.165, 1.54) is 17.7 Å². The van der Waals surface area contributed by atoms with Crippen molar-refractivity contribution in [3.8, 4) is 0 Å². The van der Waals surface area contributed by atoms with Crippen molar-refractivity contribution in [3.63, 3.8) is 0 Å². The fraction of sp³-hybridized carbons (Fsp3) is 0.364. The molecule has 0 aliphatic rings. The zero-order valence-corrected chi connectivity index (χ0v) is 11.6. The van der Waals surface area contributed by atoms with E-state index in [0.29, 0.717) is 6.54 Å². The summed E-state index contributed by atoms with van der Waals surface area (Å²) in [6.07, 6.45) is 2.96. The highest BCUT2D eigenvalue weighted by atomic mass is 35.5. The molecule has 0 aliphatic carbocycles. The molecule has 0 saturated carbocycles. The van der Waals surface area contributed by atoms with Gasteiger partial charge < -0.3 is 4.90 Å². The summed E-state index contributed by atoms with van der Waals surface area (Å²) in [5, 5.41) is 3.97. The fourth-order valence-electron chi connectivity index (χ4n) is 1.60. The molecule has 0 aliphatic heterocycles. The lowest BCUT2D eigenvalue weighted by molar-refractivity contribution is -0.133. The molecule has 2 heterocycles. The number of nitrogens with zero attached hydrogens (tertiary/aromatic N) is 4. The van der Waals surface area contributed by atoms with Crippen molar-refractivity contribution in [2.24, 2.45) is 0 Å². The minimum absolute atomic E-state index is 0.00924. The third kappa shape index (κ3) is 2.88. The van der Waals surface area contributed by atoms with E-state index in [4.69, 9.17) is 11.6 Å². The molecule has 0 radical (unpaired) electrons. The minimum atomic E-state index is -0.354. The van der Waals surface area contributed by atoms with Gasteiger partial charge in [0.1, 0.15) is 18.7 Å². The average molecular weight is 285 g/mol. The zero-order valence-electron chi connectivity index (χ0n) is 10.1. The minimum Gasteiger partial charge on any atom is -0.339 e. The van der Waals surface area contributed by atoms with Gasteiger partial charge in [0.05, 0.1) is 10.9 Å². The Kier molecular flexibility index (Phi) is 3.98. The summed E-state index contributed by atoms with van der Waals surface area (Å²) in [5.41, 5.74) is 0. The molecule has 0 bridgehead atoms. The summed E-state index contributed by atoms with van der Waals surface area (Å²) < 4.78 is 2.27. The number of halogens is 1. The molecule has 0 fully saturated rings. The molecule has 0 N–H and O–H groups in total. The molecule has 2 aromatic heterocycles. The first-order chi connectivity index (χ1) is 8.58. The van der Waals surface area contributed by atoms with Crippen LogP contribution in [0.4, 0.5) is 0 Å². The van der Waals surface area contributed by atoms with Crippen molar-refractivity contribution in [2.45, 2.75) is 19.5 Å². The zero-order chi connectivity index (χ0) is 13.1. The van der Waals surface area contributed by atoms with Gasteiger partial charge in [-0.05, 0) is 19.1 Å². The highest BCUT2D eigenvalue weighted by Crippen LogP contribution is 2.23. The predicted molar refractivity (Wildman–Crippen MR) is 70.5 cm³/mol. The monoisotopic (exact) mass is 284 g/mol. The number of aromatic nitrogens is 3. The van der Waals surface area contributed by atoms with Crippen LogP contribution in [0.25, 0.3) is 0 Å². The lowest BCUT2D eigenvalue weighted by atomic mass is 10.3. The third-order valence-corrected chi connectivity index (χ3v) is 3.80. The van der Waals surface area contributed by atoms with Crippen LogP contribution in [0.2, 0.25) is 4.34 Å². The third-order valence-electron chi connectivity index (χ3n) is 2.59. The van der Waals surface area contributed by atoms with Crippen LogP contribution in [0, 0.1) is 0 Å². The van der Waals surface area contributed by atoms with Gasteiger partial charge >= 0.3 is 0 Å². The summed E-state index contributed by atoms with van der Waals surface area (Å²) in [5.74, 6) is -0.00924. The number of rotatable bonds is 4. The second-order valence-electron chi connectivity index (χ2n) is 3.95. The van der Waals surface area contributed by atoms with Crippen molar-refractivity contribution < 1.29 is 4.79 Å². The molecule has 1 atom stereocenters. The van der Waals surface area contributed by atoms with Crippen molar-refractivity contribution in [3.05, 3.63) is 34.0 Å². The molecule has 5 nitrogen and oxygen atoms in total. The van der Waals surface area contributed by atoms with Gasteiger partial charge in [0, 0.05) is 11.9 Å². The van der Waals surface area contributed by atoms with Crippen LogP contribution in [0.3, 0.4) is 0 Å². The van der Waals surface area contributed by atoms with Crippen LogP contribution in [-0.4, -0.2) is 32.6 Å². The predicted octanol–water partition coefficient (Wildman–Crippen LogP) is 2.21. The summed E-state index contributed by atoms with van der Waals surface area (Å²) in [7, 11) is 1.77. The van der Waals surface area contributed by atoms with E-state index in [9.17, 15) is 4.79 Å². The maximum atomic E-state index is 12.2. The number of amides is 1. The second-order valence-corrected chi connectivity index (χ2v) is 5.75. The van der Waals surface area contributed by atoms with E-state index in [0.717, 1.165) is 9.21 Å². The normalized spacial score (nSPS) is 12.4. The lowest BCUT2D eigenvalue weighted by Crippen LogP contribution is -2.32. The molecular formula is C11H13ClN4OS. The number of hydrogen-bond acceptors (Lipinski definition) is 4. The van der Waals surface area contributed by atoms with E-state index < -0.39 is 0 Å². The highest BCUT2D eigenvalue weighted by Gasteiger charge is 2.20. The maximum absolute atomic E-state index is 12.2. The lowest BCUT2D eigenvalue weighted by Gasteiger charge is -2.20. The van der Waals surface area contributed by atoms with E-state index >= 15 is 0 Å². The smallest absolute Gasteiger partial charge is 0.247 e. The fourth-order valence-corrected chi connectivity index (χ4v) is 2.74. The number of hydrogen-bond donors (Lipinski definition) is 0. The largest absolute Gasteiger partial charge is 0.339 e. The Balaban J connectivity index is 2.00. The first kappa shape index (κ1) is 13.0. The van der Waals surface area contributed by atoms with Crippen LogP contribution in [-0.2, 0) is 11.3 Å². The van der Waals surface area contributed by atoms with Crippen molar-refractivity contribution in [1.82, 2.24) is 19.7 Å². The first-order valence-corrected chi connectivity index (χ1v) is 6.60. The van der Waals surface area contributed by atoms with Gasteiger partial charge in [-0.1, -0.05) is 11.6 Å². The number of carbonyl (C=O) groups excluding carboxylic acids is 1. The Morgan fingerprint density at radius 3 is 2.94 bits per heavy atom. The first-order valence-electron chi connectivity index (χ1n) is 5.41. The Morgan fingerprint density at radius 1 is 1.61 bits per heavy atom. The Morgan fingerprint density at radius 2 is 2.39 bits per heavy atom. The topological polar surface area (TPSA) is 51.0 Å². The average Bonchev–Trinajstić information content (AvgIpc) is 2.98. The van der Waals surface area contributed by atoms with Crippen LogP contribution < -0.4 is 0 Å². The van der Waals surface area contributed by atoms with E-state index in [2.05, 4.69) is 10.1 Å². The molecular weight excluding hydrogens is 272 g/mol. The molecule has 0 unspecified atom stereocenters. The van der Waals surface area contributed by atoms with Crippen molar-refractivity contribution in [1.29, 1.82) is 0 Å². The van der Waals surface area contributed by atoms with Crippen LogP contribution >= 0.6 is 22.9 Å². The maximum Gasteiger partial charge on any atom is 0.247 e. The molecule has 7 heteroatoms. The second kappa shape index (κ2) is 5.49. The highest BCUT2D eigenvalue weighted by molar-refractivity contribution is 7.16. The van der Waals surface area contributed by atoms with Crippen molar-refractivity contribution >= 4 is 28.8 Å². The quantitative estimate of drug-likeness (QED) is 0.865. The molecule has 2 aromatic rings. The molecule has 0 saturated heterocycles. The number of likely N-dealkylation sites (N-methyl/N-ethyl adjacent to an activating group) is 1. The number of carbonyl (C=O) groups is 1. The van der Waals surface area contributed by atoms with Crippen molar-refractivity contribution in [2.75, 3.05) is 7.05 Å². The van der Waals surface area contributed by atoms with Gasteiger partial charge in [0.15, 0.2) is 0 Å². The molecule has 1 amide bonds. The van der Waals surface area contributed by atoms with E-state index in [1.807, 2.05) is 12.1 Å². The SMILES string of the molecule is C[C@H](C(=O)N(C)Cc1ccc(Cl)s1)n1cncn1. The Labute approximate surface area is 114 Å². The van der Waals surface area contributed by atoms with Gasteiger partial charge in [-0.2, -0.15) is 5.10 Å². The standard InChI is InChI=1S/C11H13ClN4OS/c1-8(16-7-13-6-14-16)11(17)15(2)5-9-3-4-10(12)18-9/h3-4,6-8H,5H2,1-2H3/t8-/m1/s1. The molecule has 96 valence electrons. The van der Waals surface area contributed by atoms with Crippen LogP contribution in [0.1, 0.15) is 17.8 Å². The number of thiophene rings is 1. The van der Waals surface area contributed by atoms with Gasteiger partial charge in [-0.15, -0.1) is 11.3 Å². The van der Waals surface area contributed by atoms with E-state index in [1.54, 1.807) is 29.9 Å². The molecule has 18 heavy (non-hydrogen) atoms. The van der Waals surface area contributed by atoms with Gasteiger partial charge in [-0.25, -0.2) is 9.67 Å².